The third-order valence-electron chi connectivity index (χ3n) is 4.96. The molecule has 1 saturated carbocycles. The summed E-state index contributed by atoms with van der Waals surface area (Å²) in [6.45, 7) is 3.90. The molecule has 21 heavy (non-hydrogen) atoms. The van der Waals surface area contributed by atoms with Crippen LogP contribution in [0.25, 0.3) is 0 Å². The highest BCUT2D eigenvalue weighted by Gasteiger charge is 2.38. The molecule has 1 fully saturated rings. The van der Waals surface area contributed by atoms with Gasteiger partial charge in [-0.2, -0.15) is 0 Å². The van der Waals surface area contributed by atoms with Crippen molar-refractivity contribution in [2.75, 3.05) is 11.1 Å². The summed E-state index contributed by atoms with van der Waals surface area (Å²) in [6, 6.07) is 7.58. The van der Waals surface area contributed by atoms with E-state index in [1.807, 2.05) is 12.1 Å². The highest BCUT2D eigenvalue weighted by molar-refractivity contribution is 7.91. The van der Waals surface area contributed by atoms with Gasteiger partial charge in [0.15, 0.2) is 9.84 Å². The summed E-state index contributed by atoms with van der Waals surface area (Å²) in [7, 11) is -3.10. The maximum Gasteiger partial charge on any atom is 0.178 e. The maximum atomic E-state index is 11.8. The van der Waals surface area contributed by atoms with Gasteiger partial charge in [0.2, 0.25) is 0 Å². The fraction of sp³-hybridized carbons (Fsp3) is 0.529. The smallest absolute Gasteiger partial charge is 0.178 e. The largest absolute Gasteiger partial charge is 0.382 e. The second-order valence-electron chi connectivity index (χ2n) is 6.30. The highest BCUT2D eigenvalue weighted by atomic mass is 32.2. The van der Waals surface area contributed by atoms with Crippen molar-refractivity contribution in [2.45, 2.75) is 37.6 Å². The molecule has 1 N–H and O–H groups in total. The average Bonchev–Trinajstić information content (AvgIpc) is 3.10. The molecule has 3 rings (SSSR count). The van der Waals surface area contributed by atoms with Crippen molar-refractivity contribution in [3.63, 3.8) is 0 Å². The van der Waals surface area contributed by atoms with Crippen molar-refractivity contribution in [3.05, 3.63) is 36.4 Å². The van der Waals surface area contributed by atoms with Crippen molar-refractivity contribution in [1.82, 2.24) is 0 Å². The summed E-state index contributed by atoms with van der Waals surface area (Å²) in [6.07, 6.45) is 7.31. The van der Waals surface area contributed by atoms with E-state index in [-0.39, 0.29) is 5.75 Å². The van der Waals surface area contributed by atoms with Gasteiger partial charge >= 0.3 is 0 Å². The minimum atomic E-state index is -3.10. The second-order valence-corrected chi connectivity index (χ2v) is 8.58. The average molecular weight is 305 g/mol. The van der Waals surface area contributed by atoms with Crippen LogP contribution in [0.4, 0.5) is 5.69 Å². The zero-order valence-corrected chi connectivity index (χ0v) is 13.4. The Bertz CT molecular complexity index is 633. The first-order valence-electron chi connectivity index (χ1n) is 7.77. The van der Waals surface area contributed by atoms with Gasteiger partial charge in [0, 0.05) is 11.7 Å². The van der Waals surface area contributed by atoms with Gasteiger partial charge in [0.25, 0.3) is 0 Å². The lowest BCUT2D eigenvalue weighted by molar-refractivity contribution is 0.400. The Hall–Kier alpha value is -1.29. The lowest BCUT2D eigenvalue weighted by Crippen LogP contribution is -2.28. The Morgan fingerprint density at radius 2 is 1.90 bits per heavy atom. The van der Waals surface area contributed by atoms with E-state index >= 15 is 0 Å². The minimum Gasteiger partial charge on any atom is -0.382 e. The van der Waals surface area contributed by atoms with Crippen molar-refractivity contribution in [3.8, 4) is 0 Å². The third kappa shape index (κ3) is 2.86. The molecule has 4 unspecified atom stereocenters. The normalized spacial score (nSPS) is 28.8. The number of hydrogen-bond donors (Lipinski definition) is 1. The number of rotatable bonds is 5. The van der Waals surface area contributed by atoms with Gasteiger partial charge in [-0.25, -0.2) is 8.42 Å². The predicted octanol–water partition coefficient (Wildman–Crippen LogP) is 3.49. The van der Waals surface area contributed by atoms with Crippen LogP contribution < -0.4 is 5.32 Å². The van der Waals surface area contributed by atoms with E-state index in [1.54, 1.807) is 19.1 Å². The molecule has 1 aromatic carbocycles. The number of benzene rings is 1. The van der Waals surface area contributed by atoms with Crippen molar-refractivity contribution in [2.24, 2.45) is 17.8 Å². The Morgan fingerprint density at radius 1 is 1.19 bits per heavy atom. The van der Waals surface area contributed by atoms with E-state index in [9.17, 15) is 8.42 Å². The predicted molar refractivity (Wildman–Crippen MR) is 86.1 cm³/mol. The minimum absolute atomic E-state index is 0.146. The van der Waals surface area contributed by atoms with Crippen molar-refractivity contribution < 1.29 is 8.42 Å². The van der Waals surface area contributed by atoms with Gasteiger partial charge < -0.3 is 5.32 Å². The monoisotopic (exact) mass is 305 g/mol. The Balaban J connectivity index is 1.67. The van der Waals surface area contributed by atoms with Crippen LogP contribution in [0, 0.1) is 17.8 Å². The van der Waals surface area contributed by atoms with E-state index in [0.29, 0.717) is 16.9 Å². The lowest BCUT2D eigenvalue weighted by Gasteiger charge is -2.27. The first kappa shape index (κ1) is 14.6. The zero-order chi connectivity index (χ0) is 15.0. The van der Waals surface area contributed by atoms with Gasteiger partial charge in [-0.3, -0.25) is 0 Å². The summed E-state index contributed by atoms with van der Waals surface area (Å²) >= 11 is 0. The summed E-state index contributed by atoms with van der Waals surface area (Å²) < 4.78 is 23.6. The molecule has 0 saturated heterocycles. The van der Waals surface area contributed by atoms with Gasteiger partial charge in [0.05, 0.1) is 10.6 Å². The van der Waals surface area contributed by atoms with E-state index in [4.69, 9.17) is 0 Å². The summed E-state index contributed by atoms with van der Waals surface area (Å²) in [5, 5.41) is 3.54. The van der Waals surface area contributed by atoms with Crippen LogP contribution in [-0.2, 0) is 9.84 Å². The van der Waals surface area contributed by atoms with Crippen LogP contribution in [0.3, 0.4) is 0 Å². The number of sulfone groups is 1. The number of hydrogen-bond acceptors (Lipinski definition) is 3. The first-order chi connectivity index (χ1) is 9.99. The molecule has 0 spiro atoms. The van der Waals surface area contributed by atoms with Crippen LogP contribution in [0.5, 0.6) is 0 Å². The molecule has 2 bridgehead atoms. The third-order valence-corrected chi connectivity index (χ3v) is 6.71. The molecule has 2 aliphatic carbocycles. The standard InChI is InChI=1S/C17H23NO2S/c1-3-21(19,20)16-8-6-15(7-9-16)18-12(2)17-11-13-4-5-14(17)10-13/h4-9,12-14,17-18H,3,10-11H2,1-2H3. The fourth-order valence-corrected chi connectivity index (χ4v) is 4.58. The highest BCUT2D eigenvalue weighted by Crippen LogP contribution is 2.45. The molecule has 0 aliphatic heterocycles. The van der Waals surface area contributed by atoms with E-state index in [2.05, 4.69) is 24.4 Å². The second kappa shape index (κ2) is 5.48. The molecular formula is C17H23NO2S. The molecule has 2 aliphatic rings. The number of fused-ring (bicyclic) bond motifs is 2. The fourth-order valence-electron chi connectivity index (χ4n) is 3.69. The van der Waals surface area contributed by atoms with E-state index in [0.717, 1.165) is 17.5 Å². The summed E-state index contributed by atoms with van der Waals surface area (Å²) in [5.41, 5.74) is 1.00. The SMILES string of the molecule is CCS(=O)(=O)c1ccc(NC(C)C2CC3C=CC2C3)cc1. The Morgan fingerprint density at radius 3 is 2.43 bits per heavy atom. The quantitative estimate of drug-likeness (QED) is 0.847. The molecule has 3 nitrogen and oxygen atoms in total. The topological polar surface area (TPSA) is 46.2 Å². The van der Waals surface area contributed by atoms with Crippen molar-refractivity contribution in [1.29, 1.82) is 0 Å². The van der Waals surface area contributed by atoms with Crippen LogP contribution >= 0.6 is 0 Å². The van der Waals surface area contributed by atoms with E-state index in [1.165, 1.54) is 12.8 Å². The summed E-state index contributed by atoms with van der Waals surface area (Å²) in [5.74, 6) is 2.34. The van der Waals surface area contributed by atoms with Gasteiger partial charge in [-0.1, -0.05) is 19.1 Å². The lowest BCUT2D eigenvalue weighted by atomic mass is 9.87. The number of anilines is 1. The van der Waals surface area contributed by atoms with Crippen LogP contribution in [0.2, 0.25) is 0 Å². The van der Waals surface area contributed by atoms with Crippen molar-refractivity contribution >= 4 is 15.5 Å². The molecule has 114 valence electrons. The maximum absolute atomic E-state index is 11.8. The molecule has 0 aromatic heterocycles. The van der Waals surface area contributed by atoms with Crippen LogP contribution in [-0.4, -0.2) is 20.2 Å². The van der Waals surface area contributed by atoms with E-state index < -0.39 is 9.84 Å². The van der Waals surface area contributed by atoms with Crippen LogP contribution in [0.1, 0.15) is 26.7 Å². The molecule has 4 heteroatoms. The molecular weight excluding hydrogens is 282 g/mol. The van der Waals surface area contributed by atoms with Gasteiger partial charge in [-0.15, -0.1) is 0 Å². The first-order valence-corrected chi connectivity index (χ1v) is 9.42. The molecule has 0 radical (unpaired) electrons. The zero-order valence-electron chi connectivity index (χ0n) is 12.6. The Labute approximate surface area is 127 Å². The van der Waals surface area contributed by atoms with Crippen LogP contribution in [0.15, 0.2) is 41.3 Å². The summed E-state index contributed by atoms with van der Waals surface area (Å²) in [4.78, 5) is 0.408. The molecule has 4 atom stereocenters. The number of allylic oxidation sites excluding steroid dienone is 2. The Kier molecular flexibility index (Phi) is 3.82. The van der Waals surface area contributed by atoms with Gasteiger partial charge in [0.1, 0.15) is 0 Å². The van der Waals surface area contributed by atoms with Gasteiger partial charge in [-0.05, 0) is 61.8 Å². The molecule has 1 aromatic rings. The molecule has 0 heterocycles. The molecule has 0 amide bonds. The number of nitrogens with one attached hydrogen (secondary N) is 1.